The van der Waals surface area contributed by atoms with E-state index < -0.39 is 32.5 Å². The molecule has 0 spiro atoms. The molecule has 0 bridgehead atoms. The third-order valence-corrected chi connectivity index (χ3v) is 7.91. The molecule has 0 aromatic rings. The van der Waals surface area contributed by atoms with Gasteiger partial charge in [-0.05, 0) is 44.9 Å². The van der Waals surface area contributed by atoms with Gasteiger partial charge in [0.2, 0.25) is 0 Å². The van der Waals surface area contributed by atoms with Crippen molar-refractivity contribution in [3.63, 3.8) is 0 Å². The molecule has 45 heavy (non-hydrogen) atoms. The zero-order chi connectivity index (χ0) is 33.3. The lowest BCUT2D eigenvalue weighted by molar-refractivity contribution is -0.161. The summed E-state index contributed by atoms with van der Waals surface area (Å²) in [5, 5.41) is 0. The number of phosphoric acid groups is 1. The first-order valence-electron chi connectivity index (χ1n) is 17.8. The number of unbranched alkanes of at least 4 members (excludes halogenated alkanes) is 16. The fraction of sp³-hybridized carbons (Fsp3) is 0.778. The van der Waals surface area contributed by atoms with Crippen LogP contribution in [0.25, 0.3) is 0 Å². The molecule has 0 aromatic carbocycles. The Morgan fingerprint density at radius 2 is 1.07 bits per heavy atom. The van der Waals surface area contributed by atoms with Crippen LogP contribution in [0.3, 0.4) is 0 Å². The van der Waals surface area contributed by atoms with Crippen molar-refractivity contribution in [2.24, 2.45) is 0 Å². The average molecular weight is 657 g/mol. The molecule has 0 radical (unpaired) electrons. The van der Waals surface area contributed by atoms with E-state index in [9.17, 15) is 14.2 Å². The molecule has 1 atom stereocenters. The summed E-state index contributed by atoms with van der Waals surface area (Å²) in [5.74, 6) is -0.905. The molecule has 0 saturated heterocycles. The van der Waals surface area contributed by atoms with Crippen molar-refractivity contribution in [1.29, 1.82) is 0 Å². The van der Waals surface area contributed by atoms with Crippen LogP contribution >= 0.6 is 7.82 Å². The number of carbonyl (C=O) groups is 2. The quantitative estimate of drug-likeness (QED) is 0.0318. The van der Waals surface area contributed by atoms with Crippen molar-refractivity contribution in [2.45, 2.75) is 168 Å². The van der Waals surface area contributed by atoms with E-state index in [1.54, 1.807) is 0 Å². The highest BCUT2D eigenvalue weighted by Crippen LogP contribution is 2.36. The number of ether oxygens (including phenoxy) is 2. The molecule has 0 aliphatic heterocycles. The number of hydrogen-bond donors (Lipinski definition) is 2. The lowest BCUT2D eigenvalue weighted by Gasteiger charge is -2.18. The van der Waals surface area contributed by atoms with Crippen molar-refractivity contribution in [2.75, 3.05) is 13.2 Å². The van der Waals surface area contributed by atoms with E-state index in [1.807, 2.05) is 0 Å². The molecule has 0 saturated carbocycles. The lowest BCUT2D eigenvalue weighted by Crippen LogP contribution is -2.29. The highest BCUT2D eigenvalue weighted by Gasteiger charge is 2.22. The molecule has 0 fully saturated rings. The van der Waals surface area contributed by atoms with Crippen LogP contribution in [0.5, 0.6) is 0 Å². The van der Waals surface area contributed by atoms with Gasteiger partial charge in [0.15, 0.2) is 6.10 Å². The predicted molar refractivity (Wildman–Crippen MR) is 184 cm³/mol. The van der Waals surface area contributed by atoms with Crippen LogP contribution in [0.15, 0.2) is 36.5 Å². The highest BCUT2D eigenvalue weighted by molar-refractivity contribution is 7.46. The second-order valence-corrected chi connectivity index (χ2v) is 13.1. The molecular weight excluding hydrogens is 591 g/mol. The largest absolute Gasteiger partial charge is 0.469 e. The molecule has 9 heteroatoms. The Morgan fingerprint density at radius 3 is 1.60 bits per heavy atom. The number of hydrogen-bond acceptors (Lipinski definition) is 6. The smallest absolute Gasteiger partial charge is 0.462 e. The molecule has 1 unspecified atom stereocenters. The lowest BCUT2D eigenvalue weighted by atomic mass is 10.0. The van der Waals surface area contributed by atoms with E-state index in [0.29, 0.717) is 6.42 Å². The van der Waals surface area contributed by atoms with Crippen LogP contribution < -0.4 is 0 Å². The molecule has 0 rings (SSSR count). The van der Waals surface area contributed by atoms with Crippen LogP contribution in [0, 0.1) is 0 Å². The summed E-state index contributed by atoms with van der Waals surface area (Å²) < 4.78 is 26.2. The Kier molecular flexibility index (Phi) is 31.0. The van der Waals surface area contributed by atoms with Gasteiger partial charge in [0.05, 0.1) is 6.61 Å². The van der Waals surface area contributed by atoms with Crippen molar-refractivity contribution < 1.29 is 37.9 Å². The number of esters is 2. The van der Waals surface area contributed by atoms with E-state index >= 15 is 0 Å². The summed E-state index contributed by atoms with van der Waals surface area (Å²) in [6.45, 7) is 3.54. The second-order valence-electron chi connectivity index (χ2n) is 11.8. The highest BCUT2D eigenvalue weighted by atomic mass is 31.2. The minimum atomic E-state index is -4.75. The minimum Gasteiger partial charge on any atom is -0.462 e. The summed E-state index contributed by atoms with van der Waals surface area (Å²) in [4.78, 5) is 42.6. The van der Waals surface area contributed by atoms with Gasteiger partial charge >= 0.3 is 19.8 Å². The van der Waals surface area contributed by atoms with Gasteiger partial charge in [0.25, 0.3) is 0 Å². The van der Waals surface area contributed by atoms with Gasteiger partial charge in [-0.3, -0.25) is 14.1 Å². The summed E-state index contributed by atoms with van der Waals surface area (Å²) in [6, 6.07) is 0. The van der Waals surface area contributed by atoms with E-state index in [2.05, 4.69) is 54.8 Å². The average Bonchev–Trinajstić information content (AvgIpc) is 3.00. The number of carbonyl (C=O) groups excluding carboxylic acids is 2. The van der Waals surface area contributed by atoms with Crippen LogP contribution in [0.1, 0.15) is 162 Å². The predicted octanol–water partition coefficient (Wildman–Crippen LogP) is 10.2. The Balaban J connectivity index is 4.02. The number of rotatable bonds is 32. The fourth-order valence-electron chi connectivity index (χ4n) is 4.80. The van der Waals surface area contributed by atoms with Crippen molar-refractivity contribution in [3.05, 3.63) is 36.5 Å². The molecule has 0 aromatic heterocycles. The SMILES string of the molecule is CC/C=C\C/C=C\C/C=C\CCCCCCCC(=O)OC(COC(=O)CCCCCCCCCCCCCC)COP(=O)(O)O. The molecule has 0 aliphatic rings. The molecule has 0 aliphatic carbocycles. The van der Waals surface area contributed by atoms with Crippen LogP contribution in [-0.2, 0) is 28.2 Å². The molecule has 262 valence electrons. The van der Waals surface area contributed by atoms with Crippen molar-refractivity contribution >= 4 is 19.8 Å². The first kappa shape index (κ1) is 43.3. The van der Waals surface area contributed by atoms with Gasteiger partial charge in [-0.2, -0.15) is 0 Å². The normalized spacial score (nSPS) is 12.9. The maximum atomic E-state index is 12.3. The maximum absolute atomic E-state index is 12.3. The molecule has 0 heterocycles. The first-order chi connectivity index (χ1) is 21.8. The van der Waals surface area contributed by atoms with Gasteiger partial charge in [-0.25, -0.2) is 4.57 Å². The monoisotopic (exact) mass is 656 g/mol. The van der Waals surface area contributed by atoms with Crippen molar-refractivity contribution in [1.82, 2.24) is 0 Å². The van der Waals surface area contributed by atoms with Crippen LogP contribution in [0.2, 0.25) is 0 Å². The summed E-state index contributed by atoms with van der Waals surface area (Å²) in [5.41, 5.74) is 0. The van der Waals surface area contributed by atoms with Gasteiger partial charge in [0.1, 0.15) is 6.61 Å². The minimum absolute atomic E-state index is 0.193. The van der Waals surface area contributed by atoms with Gasteiger partial charge in [0, 0.05) is 12.8 Å². The Morgan fingerprint density at radius 1 is 0.600 bits per heavy atom. The van der Waals surface area contributed by atoms with E-state index in [4.69, 9.17) is 19.3 Å². The first-order valence-corrected chi connectivity index (χ1v) is 19.3. The standard InChI is InChI=1S/C36H65O8P/c1-3-5-7-9-11-13-15-17-18-19-21-23-25-27-29-31-36(38)44-34(33-43-45(39,40)41)32-42-35(37)30-28-26-24-22-20-16-14-12-10-8-6-4-2/h5,7,11,13,17-18,34H,3-4,6,8-10,12,14-16,19-33H2,1-2H3,(H2,39,40,41)/b7-5-,13-11-,18-17-. The molecule has 2 N–H and O–H groups in total. The van der Waals surface area contributed by atoms with Gasteiger partial charge in [-0.1, -0.05) is 140 Å². The number of allylic oxidation sites excluding steroid dienone is 6. The maximum Gasteiger partial charge on any atom is 0.469 e. The third-order valence-electron chi connectivity index (χ3n) is 7.42. The van der Waals surface area contributed by atoms with E-state index in [0.717, 1.165) is 70.6 Å². The Labute approximate surface area is 274 Å². The van der Waals surface area contributed by atoms with Gasteiger partial charge in [-0.15, -0.1) is 0 Å². The Hall–Kier alpha value is -1.73. The third kappa shape index (κ3) is 35.0. The second kappa shape index (κ2) is 32.2. The fourth-order valence-corrected chi connectivity index (χ4v) is 5.16. The Bertz CT molecular complexity index is 833. The van der Waals surface area contributed by atoms with Crippen LogP contribution in [-0.4, -0.2) is 41.0 Å². The number of phosphoric ester groups is 1. The van der Waals surface area contributed by atoms with Crippen LogP contribution in [0.4, 0.5) is 0 Å². The zero-order valence-electron chi connectivity index (χ0n) is 28.5. The summed E-state index contributed by atoms with van der Waals surface area (Å²) in [6.07, 6.45) is 35.8. The van der Waals surface area contributed by atoms with E-state index in [1.165, 1.54) is 57.8 Å². The zero-order valence-corrected chi connectivity index (χ0v) is 29.4. The molecule has 8 nitrogen and oxygen atoms in total. The summed E-state index contributed by atoms with van der Waals surface area (Å²) in [7, 11) is -4.75. The topological polar surface area (TPSA) is 119 Å². The molecule has 0 amide bonds. The van der Waals surface area contributed by atoms with Crippen molar-refractivity contribution in [3.8, 4) is 0 Å². The van der Waals surface area contributed by atoms with E-state index in [-0.39, 0.29) is 19.4 Å². The van der Waals surface area contributed by atoms with Gasteiger partial charge < -0.3 is 19.3 Å². The molecular formula is C36H65O8P. The summed E-state index contributed by atoms with van der Waals surface area (Å²) >= 11 is 0.